The number of carboxylic acid groups (broad SMARTS) is 1. The van der Waals surface area contributed by atoms with Gasteiger partial charge >= 0.3 is 5.97 Å². The number of carbonyl (C=O) groups is 1. The van der Waals surface area contributed by atoms with Crippen molar-refractivity contribution in [1.29, 1.82) is 0 Å². The number of likely N-dealkylation sites (N-methyl/N-ethyl adjacent to an activating group) is 1. The molecule has 1 aromatic carbocycles. The van der Waals surface area contributed by atoms with Gasteiger partial charge in [0.15, 0.2) is 0 Å². The molecular weight excluding hydrogens is 320 g/mol. The SMILES string of the molecule is CN(CCc1ccncc1)c1cc(Br)cc(C(=O)O)c1. The van der Waals surface area contributed by atoms with Gasteiger partial charge in [-0.05, 0) is 42.3 Å². The van der Waals surface area contributed by atoms with Crippen LogP contribution >= 0.6 is 15.9 Å². The first-order valence-corrected chi connectivity index (χ1v) is 6.99. The van der Waals surface area contributed by atoms with Crippen LogP contribution in [0.3, 0.4) is 0 Å². The molecule has 1 heterocycles. The van der Waals surface area contributed by atoms with E-state index in [2.05, 4.69) is 20.9 Å². The number of aromatic carboxylic acids is 1. The highest BCUT2D eigenvalue weighted by atomic mass is 79.9. The fraction of sp³-hybridized carbons (Fsp3) is 0.200. The van der Waals surface area contributed by atoms with Gasteiger partial charge in [0.05, 0.1) is 5.56 Å². The van der Waals surface area contributed by atoms with E-state index >= 15 is 0 Å². The van der Waals surface area contributed by atoms with Crippen LogP contribution in [0.25, 0.3) is 0 Å². The minimum atomic E-state index is -0.921. The molecule has 5 heteroatoms. The number of hydrogen-bond donors (Lipinski definition) is 1. The van der Waals surface area contributed by atoms with Gasteiger partial charge in [0.1, 0.15) is 0 Å². The van der Waals surface area contributed by atoms with Crippen molar-refractivity contribution >= 4 is 27.6 Å². The number of rotatable bonds is 5. The summed E-state index contributed by atoms with van der Waals surface area (Å²) in [7, 11) is 1.95. The Morgan fingerprint density at radius 1 is 1.30 bits per heavy atom. The molecule has 0 amide bonds. The zero-order valence-corrected chi connectivity index (χ0v) is 12.7. The molecular formula is C15H15BrN2O2. The number of benzene rings is 1. The number of hydrogen-bond acceptors (Lipinski definition) is 3. The number of halogens is 1. The third kappa shape index (κ3) is 3.81. The van der Waals surface area contributed by atoms with E-state index in [1.807, 2.05) is 30.1 Å². The van der Waals surface area contributed by atoms with E-state index in [-0.39, 0.29) is 5.56 Å². The lowest BCUT2D eigenvalue weighted by Crippen LogP contribution is -2.20. The van der Waals surface area contributed by atoms with Crippen molar-refractivity contribution in [3.8, 4) is 0 Å². The Balaban J connectivity index is 2.09. The normalized spacial score (nSPS) is 10.3. The van der Waals surface area contributed by atoms with Crippen LogP contribution in [0.1, 0.15) is 15.9 Å². The summed E-state index contributed by atoms with van der Waals surface area (Å²) in [5, 5.41) is 9.08. The summed E-state index contributed by atoms with van der Waals surface area (Å²) in [5.41, 5.74) is 2.37. The van der Waals surface area contributed by atoms with Crippen LogP contribution in [0.2, 0.25) is 0 Å². The van der Waals surface area contributed by atoms with Crippen molar-refractivity contribution in [1.82, 2.24) is 4.98 Å². The molecule has 0 aliphatic heterocycles. The minimum Gasteiger partial charge on any atom is -0.478 e. The molecule has 0 spiro atoms. The maximum absolute atomic E-state index is 11.1. The summed E-state index contributed by atoms with van der Waals surface area (Å²) < 4.78 is 0.767. The Morgan fingerprint density at radius 2 is 2.00 bits per heavy atom. The maximum Gasteiger partial charge on any atom is 0.335 e. The molecule has 2 rings (SSSR count). The highest BCUT2D eigenvalue weighted by molar-refractivity contribution is 9.10. The van der Waals surface area contributed by atoms with E-state index in [4.69, 9.17) is 5.11 Å². The molecule has 0 unspecified atom stereocenters. The number of pyridine rings is 1. The second-order valence-corrected chi connectivity index (χ2v) is 5.45. The molecule has 0 aliphatic rings. The van der Waals surface area contributed by atoms with Crippen LogP contribution in [0.4, 0.5) is 5.69 Å². The monoisotopic (exact) mass is 334 g/mol. The second-order valence-electron chi connectivity index (χ2n) is 4.53. The molecule has 1 N–H and O–H groups in total. The van der Waals surface area contributed by atoms with E-state index in [0.717, 1.165) is 23.1 Å². The average Bonchev–Trinajstić information content (AvgIpc) is 2.45. The Kier molecular flexibility index (Phi) is 4.74. The van der Waals surface area contributed by atoms with Crippen molar-refractivity contribution in [3.63, 3.8) is 0 Å². The van der Waals surface area contributed by atoms with Gasteiger partial charge in [0.2, 0.25) is 0 Å². The zero-order chi connectivity index (χ0) is 14.5. The summed E-state index contributed by atoms with van der Waals surface area (Å²) in [5.74, 6) is -0.921. The van der Waals surface area contributed by atoms with E-state index in [1.54, 1.807) is 24.5 Å². The van der Waals surface area contributed by atoms with Gasteiger partial charge in [-0.2, -0.15) is 0 Å². The lowest BCUT2D eigenvalue weighted by Gasteiger charge is -2.20. The first kappa shape index (κ1) is 14.5. The predicted octanol–water partition coefficient (Wildman–Crippen LogP) is 3.22. The van der Waals surface area contributed by atoms with Gasteiger partial charge in [0, 0.05) is 36.1 Å². The summed E-state index contributed by atoms with van der Waals surface area (Å²) in [6, 6.07) is 9.16. The van der Waals surface area contributed by atoms with Crippen LogP contribution in [0.15, 0.2) is 47.2 Å². The molecule has 4 nitrogen and oxygen atoms in total. The highest BCUT2D eigenvalue weighted by Crippen LogP contribution is 2.22. The smallest absolute Gasteiger partial charge is 0.335 e. The Morgan fingerprint density at radius 3 is 2.65 bits per heavy atom. The van der Waals surface area contributed by atoms with E-state index in [9.17, 15) is 4.79 Å². The lowest BCUT2D eigenvalue weighted by atomic mass is 10.1. The van der Waals surface area contributed by atoms with Crippen molar-refractivity contribution in [2.45, 2.75) is 6.42 Å². The van der Waals surface area contributed by atoms with Gasteiger partial charge < -0.3 is 10.0 Å². The van der Waals surface area contributed by atoms with Crippen LogP contribution in [0, 0.1) is 0 Å². The third-order valence-electron chi connectivity index (χ3n) is 3.06. The summed E-state index contributed by atoms with van der Waals surface area (Å²) in [6.45, 7) is 0.805. The lowest BCUT2D eigenvalue weighted by molar-refractivity contribution is 0.0697. The largest absolute Gasteiger partial charge is 0.478 e. The van der Waals surface area contributed by atoms with Gasteiger partial charge in [-0.15, -0.1) is 0 Å². The fourth-order valence-corrected chi connectivity index (χ4v) is 2.37. The average molecular weight is 335 g/mol. The Hall–Kier alpha value is -1.88. The molecule has 20 heavy (non-hydrogen) atoms. The van der Waals surface area contributed by atoms with E-state index in [0.29, 0.717) is 0 Å². The van der Waals surface area contributed by atoms with Crippen molar-refractivity contribution in [2.75, 3.05) is 18.5 Å². The highest BCUT2D eigenvalue weighted by Gasteiger charge is 2.09. The van der Waals surface area contributed by atoms with Crippen LogP contribution in [-0.4, -0.2) is 29.7 Å². The first-order chi connectivity index (χ1) is 9.56. The fourth-order valence-electron chi connectivity index (χ4n) is 1.89. The Labute approximate surface area is 126 Å². The molecule has 0 atom stereocenters. The quantitative estimate of drug-likeness (QED) is 0.912. The molecule has 1 aromatic heterocycles. The van der Waals surface area contributed by atoms with Crippen LogP contribution in [0.5, 0.6) is 0 Å². The number of aromatic nitrogens is 1. The van der Waals surface area contributed by atoms with Crippen LogP contribution in [-0.2, 0) is 6.42 Å². The number of carboxylic acids is 1. The third-order valence-corrected chi connectivity index (χ3v) is 3.51. The molecule has 0 aliphatic carbocycles. The van der Waals surface area contributed by atoms with Gasteiger partial charge in [-0.25, -0.2) is 4.79 Å². The molecule has 0 bridgehead atoms. The Bertz CT molecular complexity index is 602. The summed E-state index contributed by atoms with van der Waals surface area (Å²) in [4.78, 5) is 17.1. The van der Waals surface area contributed by atoms with Gasteiger partial charge in [-0.1, -0.05) is 15.9 Å². The zero-order valence-electron chi connectivity index (χ0n) is 11.1. The van der Waals surface area contributed by atoms with Crippen LogP contribution < -0.4 is 4.90 Å². The maximum atomic E-state index is 11.1. The van der Waals surface area contributed by atoms with Gasteiger partial charge in [0.25, 0.3) is 0 Å². The molecule has 0 saturated heterocycles. The van der Waals surface area contributed by atoms with E-state index in [1.165, 1.54) is 5.56 Å². The number of anilines is 1. The molecule has 0 fully saturated rings. The first-order valence-electron chi connectivity index (χ1n) is 6.20. The molecule has 0 saturated carbocycles. The van der Waals surface area contributed by atoms with Crippen molar-refractivity contribution in [3.05, 3.63) is 58.3 Å². The van der Waals surface area contributed by atoms with Crippen molar-refractivity contribution < 1.29 is 9.90 Å². The predicted molar refractivity (Wildman–Crippen MR) is 82.3 cm³/mol. The van der Waals surface area contributed by atoms with Gasteiger partial charge in [-0.3, -0.25) is 4.98 Å². The standard InChI is InChI=1S/C15H15BrN2O2/c1-18(7-4-11-2-5-17-6-3-11)14-9-12(15(19)20)8-13(16)10-14/h2-3,5-6,8-10H,4,7H2,1H3,(H,19,20). The second kappa shape index (κ2) is 6.52. The molecule has 0 radical (unpaired) electrons. The summed E-state index contributed by atoms with van der Waals surface area (Å²) in [6.07, 6.45) is 4.43. The molecule has 104 valence electrons. The topological polar surface area (TPSA) is 53.4 Å². The molecule has 2 aromatic rings. The minimum absolute atomic E-state index is 0.283. The van der Waals surface area contributed by atoms with E-state index < -0.39 is 5.97 Å². The van der Waals surface area contributed by atoms with Crippen molar-refractivity contribution in [2.24, 2.45) is 0 Å². The summed E-state index contributed by atoms with van der Waals surface area (Å²) >= 11 is 3.35. The number of nitrogens with zero attached hydrogens (tertiary/aromatic N) is 2.